The summed E-state index contributed by atoms with van der Waals surface area (Å²) in [7, 11) is 0. The van der Waals surface area contributed by atoms with E-state index in [0.717, 1.165) is 5.56 Å². The molecule has 0 aliphatic heterocycles. The molecule has 1 unspecified atom stereocenters. The molecule has 0 aliphatic rings. The molecule has 0 saturated heterocycles. The molecule has 1 rings (SSSR count). The molecule has 19 heavy (non-hydrogen) atoms. The van der Waals surface area contributed by atoms with Crippen molar-refractivity contribution < 1.29 is 17.9 Å². The average molecular weight is 284 g/mol. The highest BCUT2D eigenvalue weighted by Gasteiger charge is 2.24. The number of hydrogen-bond acceptors (Lipinski definition) is 4. The van der Waals surface area contributed by atoms with E-state index in [0.29, 0.717) is 4.90 Å². The second-order valence-corrected chi connectivity index (χ2v) is 6.45. The zero-order valence-corrected chi connectivity index (χ0v) is 12.7. The number of esters is 1. The van der Waals surface area contributed by atoms with Gasteiger partial charge in [0.25, 0.3) is 0 Å². The average Bonchev–Trinajstić information content (AvgIpc) is 2.27. The van der Waals surface area contributed by atoms with Gasteiger partial charge in [-0.2, -0.15) is 0 Å². The summed E-state index contributed by atoms with van der Waals surface area (Å²) in [5.74, 6) is -0.520. The van der Waals surface area contributed by atoms with Gasteiger partial charge >= 0.3 is 5.97 Å². The smallest absolute Gasteiger partial charge is 0.336 e. The zero-order valence-electron chi connectivity index (χ0n) is 11.9. The van der Waals surface area contributed by atoms with Crippen LogP contribution < -0.4 is 0 Å². The maximum Gasteiger partial charge on any atom is 0.336 e. The third-order valence-electron chi connectivity index (χ3n) is 2.18. The summed E-state index contributed by atoms with van der Waals surface area (Å²) in [6, 6.07) is 7.12. The quantitative estimate of drug-likeness (QED) is 0.798. The van der Waals surface area contributed by atoms with E-state index < -0.39 is 28.8 Å². The number of rotatable bonds is 4. The van der Waals surface area contributed by atoms with E-state index in [-0.39, 0.29) is 0 Å². The van der Waals surface area contributed by atoms with Crippen LogP contribution in [-0.4, -0.2) is 21.9 Å². The normalized spacial score (nSPS) is 14.8. The molecule has 2 atom stereocenters. The van der Waals surface area contributed by atoms with Gasteiger partial charge in [0, 0.05) is 0 Å². The largest absolute Gasteiger partial charge is 0.458 e. The lowest BCUT2D eigenvalue weighted by Crippen LogP contribution is -2.32. The van der Waals surface area contributed by atoms with Crippen molar-refractivity contribution in [1.29, 1.82) is 0 Å². The van der Waals surface area contributed by atoms with Gasteiger partial charge in [0.15, 0.2) is 17.2 Å². The first kappa shape index (κ1) is 15.9. The molecule has 0 spiro atoms. The van der Waals surface area contributed by atoms with Gasteiger partial charge < -0.3 is 4.74 Å². The molecule has 0 fully saturated rings. The van der Waals surface area contributed by atoms with Crippen molar-refractivity contribution in [2.75, 3.05) is 0 Å². The highest BCUT2D eigenvalue weighted by molar-refractivity contribution is 7.80. The Morgan fingerprint density at radius 1 is 1.21 bits per heavy atom. The molecule has 1 aromatic rings. The number of hydrogen-bond donors (Lipinski definition) is 0. The van der Waals surface area contributed by atoms with Gasteiger partial charge in [0.1, 0.15) is 5.60 Å². The predicted molar refractivity (Wildman–Crippen MR) is 74.0 cm³/mol. The first-order valence-corrected chi connectivity index (χ1v) is 7.15. The summed E-state index contributed by atoms with van der Waals surface area (Å²) in [5, 5.41) is 0. The number of aryl methyl sites for hydroxylation is 1. The van der Waals surface area contributed by atoms with Crippen molar-refractivity contribution >= 4 is 17.0 Å². The van der Waals surface area contributed by atoms with Crippen LogP contribution in [0.2, 0.25) is 0 Å². The fourth-order valence-electron chi connectivity index (χ4n) is 1.26. The van der Waals surface area contributed by atoms with Gasteiger partial charge in [0.05, 0.1) is 4.90 Å². The summed E-state index contributed by atoms with van der Waals surface area (Å²) in [4.78, 5) is 12.2. The first-order chi connectivity index (χ1) is 8.69. The highest BCUT2D eigenvalue weighted by atomic mass is 32.2. The number of ether oxygens (including phenoxy) is 1. The van der Waals surface area contributed by atoms with E-state index in [9.17, 15) is 9.00 Å². The van der Waals surface area contributed by atoms with Gasteiger partial charge in [-0.25, -0.2) is 9.00 Å². The third kappa shape index (κ3) is 5.53. The van der Waals surface area contributed by atoms with Crippen molar-refractivity contribution in [3.63, 3.8) is 0 Å². The SMILES string of the molecule is Cc1ccc(S(=O)O[C@@H](C)C(=O)OC(C)(C)C)cc1. The van der Waals surface area contributed by atoms with Gasteiger partial charge in [-0.1, -0.05) is 17.7 Å². The Morgan fingerprint density at radius 2 is 1.74 bits per heavy atom. The highest BCUT2D eigenvalue weighted by Crippen LogP contribution is 2.14. The van der Waals surface area contributed by atoms with Crippen LogP contribution in [0.4, 0.5) is 0 Å². The van der Waals surface area contributed by atoms with Crippen molar-refractivity contribution in [2.45, 2.75) is 51.2 Å². The van der Waals surface area contributed by atoms with Gasteiger partial charge in [0.2, 0.25) is 0 Å². The van der Waals surface area contributed by atoms with Crippen molar-refractivity contribution in [3.05, 3.63) is 29.8 Å². The molecule has 1 aromatic carbocycles. The molecule has 0 aromatic heterocycles. The lowest BCUT2D eigenvalue weighted by atomic mass is 10.2. The zero-order chi connectivity index (χ0) is 14.6. The molecule has 106 valence electrons. The lowest BCUT2D eigenvalue weighted by Gasteiger charge is -2.21. The maximum atomic E-state index is 11.9. The molecule has 0 aliphatic carbocycles. The van der Waals surface area contributed by atoms with Crippen LogP contribution >= 0.6 is 0 Å². The van der Waals surface area contributed by atoms with E-state index in [1.807, 2.05) is 19.1 Å². The molecule has 4 nitrogen and oxygen atoms in total. The van der Waals surface area contributed by atoms with Gasteiger partial charge in [-0.3, -0.25) is 4.18 Å². The number of carbonyl (C=O) groups is 1. The minimum Gasteiger partial charge on any atom is -0.458 e. The van der Waals surface area contributed by atoms with Crippen LogP contribution in [0.1, 0.15) is 33.3 Å². The van der Waals surface area contributed by atoms with Crippen molar-refractivity contribution in [3.8, 4) is 0 Å². The summed E-state index contributed by atoms with van der Waals surface area (Å²) in [5.41, 5.74) is 0.487. The molecular weight excluding hydrogens is 264 g/mol. The predicted octanol–water partition coefficient (Wildman–Crippen LogP) is 2.76. The molecule has 0 radical (unpaired) electrons. The monoisotopic (exact) mass is 284 g/mol. The molecular formula is C14H20O4S. The molecule has 0 N–H and O–H groups in total. The molecule has 0 heterocycles. The fraction of sp³-hybridized carbons (Fsp3) is 0.500. The summed E-state index contributed by atoms with van der Waals surface area (Å²) in [6.45, 7) is 8.79. The van der Waals surface area contributed by atoms with Crippen molar-refractivity contribution in [1.82, 2.24) is 0 Å². The van der Waals surface area contributed by atoms with E-state index in [1.165, 1.54) is 6.92 Å². The Labute approximate surface area is 116 Å². The summed E-state index contributed by atoms with van der Waals surface area (Å²) < 4.78 is 22.3. The van der Waals surface area contributed by atoms with Crippen molar-refractivity contribution in [2.24, 2.45) is 0 Å². The Bertz CT molecular complexity index is 459. The topological polar surface area (TPSA) is 52.6 Å². The molecule has 0 bridgehead atoms. The van der Waals surface area contributed by atoms with Crippen LogP contribution in [0.3, 0.4) is 0 Å². The Balaban J connectivity index is 2.61. The maximum absolute atomic E-state index is 11.9. The summed E-state index contributed by atoms with van der Waals surface area (Å²) >= 11 is -1.67. The third-order valence-corrected chi connectivity index (χ3v) is 3.30. The Hall–Kier alpha value is -1.20. The van der Waals surface area contributed by atoms with E-state index >= 15 is 0 Å². The molecule has 5 heteroatoms. The second kappa shape index (κ2) is 6.30. The van der Waals surface area contributed by atoms with Gasteiger partial charge in [-0.05, 0) is 46.8 Å². The fourth-order valence-corrected chi connectivity index (χ4v) is 2.07. The Morgan fingerprint density at radius 3 is 2.21 bits per heavy atom. The number of benzene rings is 1. The van der Waals surface area contributed by atoms with Gasteiger partial charge in [-0.15, -0.1) is 0 Å². The van der Waals surface area contributed by atoms with Crippen LogP contribution in [-0.2, 0) is 24.8 Å². The van der Waals surface area contributed by atoms with E-state index in [2.05, 4.69) is 0 Å². The van der Waals surface area contributed by atoms with Crippen LogP contribution in [0.15, 0.2) is 29.2 Å². The first-order valence-electron chi connectivity index (χ1n) is 6.07. The molecule has 0 saturated carbocycles. The molecule has 0 amide bonds. The standard InChI is InChI=1S/C14H20O4S/c1-10-6-8-12(9-7-10)19(16)18-11(2)13(15)17-14(3,4)5/h6-9,11H,1-5H3/t11-,19?/m0/s1. The van der Waals surface area contributed by atoms with Crippen LogP contribution in [0.25, 0.3) is 0 Å². The van der Waals surface area contributed by atoms with E-state index in [4.69, 9.17) is 8.92 Å². The lowest BCUT2D eigenvalue weighted by molar-refractivity contribution is -0.162. The van der Waals surface area contributed by atoms with Crippen LogP contribution in [0.5, 0.6) is 0 Å². The number of carbonyl (C=O) groups excluding carboxylic acids is 1. The van der Waals surface area contributed by atoms with Crippen LogP contribution in [0, 0.1) is 6.92 Å². The minimum atomic E-state index is -1.67. The van der Waals surface area contributed by atoms with E-state index in [1.54, 1.807) is 32.9 Å². The second-order valence-electron chi connectivity index (χ2n) is 5.32. The Kier molecular flexibility index (Phi) is 5.26. The summed E-state index contributed by atoms with van der Waals surface area (Å²) in [6.07, 6.45) is -0.874. The minimum absolute atomic E-state index is 0.520.